The van der Waals surface area contributed by atoms with E-state index in [1.165, 1.54) is 6.07 Å². The van der Waals surface area contributed by atoms with Crippen LogP contribution in [0.25, 0.3) is 33.3 Å². The number of H-pyrrole nitrogens is 1. The number of fused-ring (bicyclic) bond motifs is 2. The van der Waals surface area contributed by atoms with Crippen molar-refractivity contribution in [3.05, 3.63) is 48.0 Å². The van der Waals surface area contributed by atoms with Gasteiger partial charge in [-0.25, -0.2) is 19.3 Å². The van der Waals surface area contributed by atoms with E-state index in [0.29, 0.717) is 49.1 Å². The van der Waals surface area contributed by atoms with Crippen molar-refractivity contribution in [2.45, 2.75) is 38.8 Å². The number of rotatable bonds is 5. The van der Waals surface area contributed by atoms with Crippen molar-refractivity contribution in [1.29, 1.82) is 0 Å². The van der Waals surface area contributed by atoms with Crippen LogP contribution in [-0.2, 0) is 11.3 Å². The summed E-state index contributed by atoms with van der Waals surface area (Å²) in [4.78, 5) is 22.4. The molecule has 2 N–H and O–H groups in total. The highest BCUT2D eigenvalue weighted by Gasteiger charge is 2.30. The lowest BCUT2D eigenvalue weighted by molar-refractivity contribution is -0.0137. The Morgan fingerprint density at radius 2 is 1.81 bits per heavy atom. The maximum absolute atomic E-state index is 15.1. The number of halogens is 1. The highest BCUT2D eigenvalue weighted by molar-refractivity contribution is 5.96. The standard InChI is InChI=1S/C28H33FN6O2/c1-28(2,36)18-8-11-34(12-9-18)17-19-3-5-23-25(31-19)27(35-13-15-37-16-14-35)33-26(32-23)24-20-7-10-30-22(20)6-4-21(24)29/h3-7,10,18,30,36H,8-9,11-17H2,1-2H3. The number of likely N-dealkylation sites (tertiary alicyclic amines) is 1. The van der Waals surface area contributed by atoms with Crippen molar-refractivity contribution < 1.29 is 14.2 Å². The topological polar surface area (TPSA) is 90.4 Å². The van der Waals surface area contributed by atoms with Gasteiger partial charge < -0.3 is 19.7 Å². The van der Waals surface area contributed by atoms with Gasteiger partial charge in [0.15, 0.2) is 11.6 Å². The first-order valence-electron chi connectivity index (χ1n) is 13.1. The molecule has 6 rings (SSSR count). The Kier molecular flexibility index (Phi) is 6.30. The predicted molar refractivity (Wildman–Crippen MR) is 142 cm³/mol. The average molecular weight is 505 g/mol. The Labute approximate surface area is 215 Å². The molecule has 1 aromatic carbocycles. The van der Waals surface area contributed by atoms with Crippen LogP contribution in [0.4, 0.5) is 10.2 Å². The van der Waals surface area contributed by atoms with Crippen molar-refractivity contribution in [3.63, 3.8) is 0 Å². The summed E-state index contributed by atoms with van der Waals surface area (Å²) in [5.74, 6) is 1.05. The van der Waals surface area contributed by atoms with Gasteiger partial charge in [-0.2, -0.15) is 0 Å². The van der Waals surface area contributed by atoms with Gasteiger partial charge in [0.05, 0.1) is 35.6 Å². The van der Waals surface area contributed by atoms with E-state index in [1.807, 2.05) is 32.0 Å². The van der Waals surface area contributed by atoms with Crippen LogP contribution in [0.15, 0.2) is 36.5 Å². The Bertz CT molecular complexity index is 1420. The zero-order chi connectivity index (χ0) is 25.6. The molecule has 2 aliphatic rings. The molecule has 0 spiro atoms. The van der Waals surface area contributed by atoms with Crippen molar-refractivity contribution in [3.8, 4) is 11.4 Å². The summed E-state index contributed by atoms with van der Waals surface area (Å²) >= 11 is 0. The molecule has 0 radical (unpaired) electrons. The second-order valence-electron chi connectivity index (χ2n) is 10.7. The van der Waals surface area contributed by atoms with Gasteiger partial charge in [-0.3, -0.25) is 4.90 Å². The average Bonchev–Trinajstić information content (AvgIpc) is 3.37. The van der Waals surface area contributed by atoms with Gasteiger partial charge in [0.2, 0.25) is 0 Å². The van der Waals surface area contributed by atoms with Crippen molar-refractivity contribution in [1.82, 2.24) is 24.8 Å². The maximum atomic E-state index is 15.1. The van der Waals surface area contributed by atoms with Crippen LogP contribution in [0.5, 0.6) is 0 Å². The minimum absolute atomic E-state index is 0.318. The van der Waals surface area contributed by atoms with Gasteiger partial charge in [-0.1, -0.05) is 0 Å². The molecule has 37 heavy (non-hydrogen) atoms. The van der Waals surface area contributed by atoms with Gasteiger partial charge in [0.25, 0.3) is 0 Å². The number of hydrogen-bond acceptors (Lipinski definition) is 7. The molecule has 0 amide bonds. The maximum Gasteiger partial charge on any atom is 0.165 e. The molecule has 8 nitrogen and oxygen atoms in total. The van der Waals surface area contributed by atoms with Crippen LogP contribution >= 0.6 is 0 Å². The van der Waals surface area contributed by atoms with E-state index in [0.717, 1.165) is 60.4 Å². The molecule has 3 aromatic heterocycles. The summed E-state index contributed by atoms with van der Waals surface area (Å²) in [5, 5.41) is 11.1. The number of morpholine rings is 1. The molecule has 2 fully saturated rings. The number of benzene rings is 1. The fourth-order valence-electron chi connectivity index (χ4n) is 5.60. The molecular weight excluding hydrogens is 471 g/mol. The number of pyridine rings is 1. The number of hydrogen-bond donors (Lipinski definition) is 2. The number of piperidine rings is 1. The molecule has 5 heterocycles. The molecule has 0 unspecified atom stereocenters. The third kappa shape index (κ3) is 4.79. The summed E-state index contributed by atoms with van der Waals surface area (Å²) in [5.41, 5.74) is 2.99. The van der Waals surface area contributed by atoms with E-state index in [2.05, 4.69) is 14.8 Å². The molecule has 9 heteroatoms. The van der Waals surface area contributed by atoms with Crippen LogP contribution in [0, 0.1) is 11.7 Å². The van der Waals surface area contributed by atoms with Crippen LogP contribution in [0.1, 0.15) is 32.4 Å². The van der Waals surface area contributed by atoms with Crippen LogP contribution < -0.4 is 4.90 Å². The number of aromatic nitrogens is 4. The lowest BCUT2D eigenvalue weighted by atomic mass is 9.83. The largest absolute Gasteiger partial charge is 0.390 e. The summed E-state index contributed by atoms with van der Waals surface area (Å²) in [6, 6.07) is 9.04. The molecule has 0 aliphatic carbocycles. The molecule has 2 saturated heterocycles. The van der Waals surface area contributed by atoms with Gasteiger partial charge in [-0.15, -0.1) is 0 Å². The molecule has 0 saturated carbocycles. The third-order valence-electron chi connectivity index (χ3n) is 7.77. The Morgan fingerprint density at radius 1 is 1.03 bits per heavy atom. The van der Waals surface area contributed by atoms with Crippen LogP contribution in [0.2, 0.25) is 0 Å². The Hall–Kier alpha value is -3.14. The molecular formula is C28H33FN6O2. The van der Waals surface area contributed by atoms with Crippen molar-refractivity contribution in [2.24, 2.45) is 5.92 Å². The second kappa shape index (κ2) is 9.63. The number of anilines is 1. The van der Waals surface area contributed by atoms with E-state index < -0.39 is 5.60 Å². The van der Waals surface area contributed by atoms with Gasteiger partial charge in [-0.05, 0) is 76.0 Å². The fraction of sp³-hybridized carbons (Fsp3) is 0.464. The summed E-state index contributed by atoms with van der Waals surface area (Å²) in [6.07, 6.45) is 3.74. The van der Waals surface area contributed by atoms with E-state index in [-0.39, 0.29) is 5.82 Å². The quantitative estimate of drug-likeness (QED) is 0.422. The predicted octanol–water partition coefficient (Wildman–Crippen LogP) is 4.13. The second-order valence-corrected chi connectivity index (χ2v) is 10.7. The SMILES string of the molecule is CC(C)(O)C1CCN(Cc2ccc3nc(-c4c(F)ccc5[nH]ccc45)nc(N4CCOCC4)c3n2)CC1. The lowest BCUT2D eigenvalue weighted by Crippen LogP contribution is -2.41. The minimum atomic E-state index is -0.639. The number of nitrogens with zero attached hydrogens (tertiary/aromatic N) is 5. The van der Waals surface area contributed by atoms with E-state index in [9.17, 15) is 5.11 Å². The third-order valence-corrected chi connectivity index (χ3v) is 7.77. The number of aliphatic hydroxyl groups is 1. The minimum Gasteiger partial charge on any atom is -0.390 e. The molecule has 4 aromatic rings. The van der Waals surface area contributed by atoms with E-state index in [1.54, 1.807) is 12.3 Å². The highest BCUT2D eigenvalue weighted by Crippen LogP contribution is 2.33. The van der Waals surface area contributed by atoms with Crippen molar-refractivity contribution >= 4 is 27.8 Å². The van der Waals surface area contributed by atoms with Gasteiger partial charge in [0.1, 0.15) is 11.3 Å². The van der Waals surface area contributed by atoms with E-state index in [4.69, 9.17) is 19.7 Å². The Balaban J connectivity index is 1.37. The van der Waals surface area contributed by atoms with Crippen LogP contribution in [0.3, 0.4) is 0 Å². The monoisotopic (exact) mass is 504 g/mol. The summed E-state index contributed by atoms with van der Waals surface area (Å²) < 4.78 is 20.7. The van der Waals surface area contributed by atoms with Gasteiger partial charge >= 0.3 is 0 Å². The van der Waals surface area contributed by atoms with E-state index >= 15 is 4.39 Å². The van der Waals surface area contributed by atoms with Crippen LogP contribution in [-0.4, -0.2) is 74.9 Å². The summed E-state index contributed by atoms with van der Waals surface area (Å²) in [7, 11) is 0. The molecule has 194 valence electrons. The molecule has 0 atom stereocenters. The zero-order valence-electron chi connectivity index (χ0n) is 21.4. The zero-order valence-corrected chi connectivity index (χ0v) is 21.4. The first kappa shape index (κ1) is 24.2. The normalized spacial score (nSPS) is 18.2. The summed E-state index contributed by atoms with van der Waals surface area (Å²) in [6.45, 7) is 9.01. The highest BCUT2D eigenvalue weighted by atomic mass is 19.1. The number of aromatic amines is 1. The number of nitrogens with one attached hydrogen (secondary N) is 1. The first-order valence-corrected chi connectivity index (χ1v) is 13.1. The molecule has 2 aliphatic heterocycles. The number of ether oxygens (including phenoxy) is 1. The first-order chi connectivity index (χ1) is 17.9. The fourth-order valence-corrected chi connectivity index (χ4v) is 5.60. The lowest BCUT2D eigenvalue weighted by Gasteiger charge is -2.37. The van der Waals surface area contributed by atoms with Gasteiger partial charge in [0, 0.05) is 36.7 Å². The Morgan fingerprint density at radius 3 is 2.57 bits per heavy atom. The smallest absolute Gasteiger partial charge is 0.165 e. The van der Waals surface area contributed by atoms with Crippen molar-refractivity contribution in [2.75, 3.05) is 44.3 Å². The molecule has 0 bridgehead atoms.